The zero-order valence-electron chi connectivity index (χ0n) is 15.6. The SMILES string of the molecule is CC(CCN1CCC(C(F)(F)F)CC1)C(C)(C)S(=O)(=O)c1ccccc1. The van der Waals surface area contributed by atoms with Gasteiger partial charge < -0.3 is 4.90 Å². The van der Waals surface area contributed by atoms with E-state index in [4.69, 9.17) is 0 Å². The van der Waals surface area contributed by atoms with Crippen LogP contribution >= 0.6 is 0 Å². The number of benzene rings is 1. The van der Waals surface area contributed by atoms with Gasteiger partial charge in [-0.05, 0) is 70.8 Å². The van der Waals surface area contributed by atoms with Gasteiger partial charge in [-0.1, -0.05) is 25.1 Å². The van der Waals surface area contributed by atoms with Crippen LogP contribution in [0.1, 0.15) is 40.0 Å². The highest BCUT2D eigenvalue weighted by Crippen LogP contribution is 2.36. The monoisotopic (exact) mass is 391 g/mol. The smallest absolute Gasteiger partial charge is 0.303 e. The summed E-state index contributed by atoms with van der Waals surface area (Å²) in [7, 11) is -3.49. The van der Waals surface area contributed by atoms with Crippen LogP contribution in [0.4, 0.5) is 13.2 Å². The Labute approximate surface area is 154 Å². The van der Waals surface area contributed by atoms with Crippen molar-refractivity contribution in [1.29, 1.82) is 0 Å². The third-order valence-electron chi connectivity index (χ3n) is 5.86. The average molecular weight is 391 g/mol. The van der Waals surface area contributed by atoms with Gasteiger partial charge in [0.15, 0.2) is 9.84 Å². The van der Waals surface area contributed by atoms with Gasteiger partial charge in [0.05, 0.1) is 15.6 Å². The quantitative estimate of drug-likeness (QED) is 0.714. The molecule has 0 amide bonds. The molecular weight excluding hydrogens is 363 g/mol. The lowest BCUT2D eigenvalue weighted by Crippen LogP contribution is -2.43. The summed E-state index contributed by atoms with van der Waals surface area (Å²) in [6, 6.07) is 8.40. The molecule has 1 saturated heterocycles. The van der Waals surface area contributed by atoms with Crippen molar-refractivity contribution in [3.63, 3.8) is 0 Å². The fourth-order valence-corrected chi connectivity index (χ4v) is 5.15. The van der Waals surface area contributed by atoms with Crippen molar-refractivity contribution in [3.8, 4) is 0 Å². The summed E-state index contributed by atoms with van der Waals surface area (Å²) in [6.07, 6.45) is -3.21. The van der Waals surface area contributed by atoms with Crippen LogP contribution in [0, 0.1) is 11.8 Å². The maximum atomic E-state index is 13.0. The topological polar surface area (TPSA) is 37.4 Å². The minimum absolute atomic E-state index is 0.118. The Morgan fingerprint density at radius 2 is 1.65 bits per heavy atom. The first kappa shape index (κ1) is 21.2. The lowest BCUT2D eigenvalue weighted by atomic mass is 9.92. The Hall–Kier alpha value is -1.08. The molecule has 0 saturated carbocycles. The number of nitrogens with zero attached hydrogens (tertiary/aromatic N) is 1. The van der Waals surface area contributed by atoms with E-state index in [2.05, 4.69) is 0 Å². The van der Waals surface area contributed by atoms with Crippen LogP contribution in [0.25, 0.3) is 0 Å². The number of likely N-dealkylation sites (tertiary alicyclic amines) is 1. The molecule has 3 nitrogen and oxygen atoms in total. The van der Waals surface area contributed by atoms with Crippen molar-refractivity contribution in [2.24, 2.45) is 11.8 Å². The summed E-state index contributed by atoms with van der Waals surface area (Å²) in [5, 5.41) is 0. The average Bonchev–Trinajstić information content (AvgIpc) is 2.59. The molecule has 1 atom stereocenters. The molecule has 1 aromatic rings. The molecule has 7 heteroatoms. The zero-order valence-corrected chi connectivity index (χ0v) is 16.4. The number of rotatable bonds is 6. The lowest BCUT2D eigenvalue weighted by molar-refractivity contribution is -0.185. The van der Waals surface area contributed by atoms with Crippen molar-refractivity contribution in [3.05, 3.63) is 30.3 Å². The third kappa shape index (κ3) is 4.60. The van der Waals surface area contributed by atoms with Gasteiger partial charge in [0.2, 0.25) is 0 Å². The van der Waals surface area contributed by atoms with Gasteiger partial charge in [-0.2, -0.15) is 13.2 Å². The molecule has 0 spiro atoms. The second kappa shape index (κ2) is 7.89. The molecule has 1 aliphatic rings. The maximum Gasteiger partial charge on any atom is 0.391 e. The Morgan fingerprint density at radius 3 is 2.15 bits per heavy atom. The van der Waals surface area contributed by atoms with E-state index in [9.17, 15) is 21.6 Å². The molecule has 0 aromatic heterocycles. The van der Waals surface area contributed by atoms with Crippen LogP contribution in [-0.4, -0.2) is 43.9 Å². The van der Waals surface area contributed by atoms with Crippen LogP contribution in [0.5, 0.6) is 0 Å². The fraction of sp³-hybridized carbons (Fsp3) is 0.684. The number of piperidine rings is 1. The first-order valence-electron chi connectivity index (χ1n) is 9.05. The molecule has 1 aromatic carbocycles. The maximum absolute atomic E-state index is 13.0. The van der Waals surface area contributed by atoms with Crippen LogP contribution in [-0.2, 0) is 9.84 Å². The summed E-state index contributed by atoms with van der Waals surface area (Å²) >= 11 is 0. The molecule has 1 aliphatic heterocycles. The number of hydrogen-bond acceptors (Lipinski definition) is 3. The molecule has 2 rings (SSSR count). The summed E-state index contributed by atoms with van der Waals surface area (Å²) in [6.45, 7) is 6.83. The summed E-state index contributed by atoms with van der Waals surface area (Å²) in [4.78, 5) is 2.33. The molecule has 1 unspecified atom stereocenters. The Morgan fingerprint density at radius 1 is 1.12 bits per heavy atom. The van der Waals surface area contributed by atoms with Gasteiger partial charge in [0.25, 0.3) is 0 Å². The fourth-order valence-electron chi connectivity index (χ4n) is 3.38. The summed E-state index contributed by atoms with van der Waals surface area (Å²) < 4.78 is 63.2. The number of sulfone groups is 1. The van der Waals surface area contributed by atoms with E-state index < -0.39 is 26.7 Å². The summed E-state index contributed by atoms with van der Waals surface area (Å²) in [5.41, 5.74) is 0. The Balaban J connectivity index is 1.94. The molecule has 148 valence electrons. The molecule has 0 bridgehead atoms. The van der Waals surface area contributed by atoms with Crippen LogP contribution < -0.4 is 0 Å². The van der Waals surface area contributed by atoms with E-state index in [0.29, 0.717) is 31.0 Å². The molecule has 0 radical (unpaired) electrons. The van der Waals surface area contributed by atoms with Gasteiger partial charge in [0, 0.05) is 0 Å². The van der Waals surface area contributed by atoms with Gasteiger partial charge in [-0.15, -0.1) is 0 Å². The molecule has 1 heterocycles. The largest absolute Gasteiger partial charge is 0.391 e. The number of halogens is 3. The number of alkyl halides is 3. The Kier molecular flexibility index (Phi) is 6.44. The van der Waals surface area contributed by atoms with E-state index in [1.54, 1.807) is 44.2 Å². The number of hydrogen-bond donors (Lipinski definition) is 0. The van der Waals surface area contributed by atoms with Crippen molar-refractivity contribution >= 4 is 9.84 Å². The predicted molar refractivity (Wildman–Crippen MR) is 96.7 cm³/mol. The molecule has 26 heavy (non-hydrogen) atoms. The zero-order chi connectivity index (χ0) is 19.6. The van der Waals surface area contributed by atoms with Gasteiger partial charge in [-0.3, -0.25) is 0 Å². The molecule has 1 fully saturated rings. The molecule has 0 aliphatic carbocycles. The lowest BCUT2D eigenvalue weighted by Gasteiger charge is -2.36. The highest BCUT2D eigenvalue weighted by Gasteiger charge is 2.42. The van der Waals surface area contributed by atoms with E-state index in [1.807, 2.05) is 11.8 Å². The second-order valence-electron chi connectivity index (χ2n) is 7.77. The molecule has 0 N–H and O–H groups in total. The van der Waals surface area contributed by atoms with Crippen LogP contribution in [0.15, 0.2) is 35.2 Å². The van der Waals surface area contributed by atoms with E-state index in [0.717, 1.165) is 0 Å². The highest BCUT2D eigenvalue weighted by atomic mass is 32.2. The van der Waals surface area contributed by atoms with Crippen molar-refractivity contribution in [1.82, 2.24) is 4.90 Å². The van der Waals surface area contributed by atoms with E-state index in [1.165, 1.54) is 0 Å². The summed E-state index contributed by atoms with van der Waals surface area (Å²) in [5.74, 6) is -1.32. The Bertz CT molecular complexity index is 678. The minimum atomic E-state index is -4.11. The second-order valence-corrected chi connectivity index (χ2v) is 10.3. The van der Waals surface area contributed by atoms with Crippen LogP contribution in [0.2, 0.25) is 0 Å². The van der Waals surface area contributed by atoms with E-state index in [-0.39, 0.29) is 18.8 Å². The molecular formula is C19H28F3NO2S. The van der Waals surface area contributed by atoms with Crippen molar-refractivity contribution in [2.75, 3.05) is 19.6 Å². The normalized spacial score (nSPS) is 19.5. The van der Waals surface area contributed by atoms with E-state index >= 15 is 0 Å². The third-order valence-corrected chi connectivity index (χ3v) is 8.54. The standard InChI is InChI=1S/C19H28F3NO2S/c1-15(9-12-23-13-10-16(11-14-23)19(20,21)22)18(2,3)26(24,25)17-7-5-4-6-8-17/h4-8,15-16H,9-14H2,1-3H3. The minimum Gasteiger partial charge on any atom is -0.303 e. The highest BCUT2D eigenvalue weighted by molar-refractivity contribution is 7.92. The van der Waals surface area contributed by atoms with Crippen LogP contribution in [0.3, 0.4) is 0 Å². The van der Waals surface area contributed by atoms with Gasteiger partial charge >= 0.3 is 6.18 Å². The van der Waals surface area contributed by atoms with Gasteiger partial charge in [-0.25, -0.2) is 8.42 Å². The predicted octanol–water partition coefficient (Wildman–Crippen LogP) is 4.54. The first-order chi connectivity index (χ1) is 12.0. The van der Waals surface area contributed by atoms with Gasteiger partial charge in [0.1, 0.15) is 0 Å². The van der Waals surface area contributed by atoms with Crippen molar-refractivity contribution in [2.45, 2.75) is 55.9 Å². The first-order valence-corrected chi connectivity index (χ1v) is 10.5. The van der Waals surface area contributed by atoms with Crippen molar-refractivity contribution < 1.29 is 21.6 Å².